The molecule has 3 aromatic rings. The van der Waals surface area contributed by atoms with Crippen LogP contribution in [-0.4, -0.2) is 41.8 Å². The first-order valence-corrected chi connectivity index (χ1v) is 10.4. The summed E-state index contributed by atoms with van der Waals surface area (Å²) >= 11 is 0. The molecule has 0 saturated heterocycles. The van der Waals surface area contributed by atoms with Gasteiger partial charge in [-0.15, -0.1) is 0 Å². The molecule has 1 unspecified atom stereocenters. The summed E-state index contributed by atoms with van der Waals surface area (Å²) in [5, 5.41) is 11.7. The maximum Gasteiger partial charge on any atom is 0.337 e. The molecule has 172 valence electrons. The molecule has 8 heteroatoms. The second-order valence-corrected chi connectivity index (χ2v) is 7.44. The Kier molecular flexibility index (Phi) is 7.99. The van der Waals surface area contributed by atoms with Crippen molar-refractivity contribution >= 4 is 17.7 Å². The van der Waals surface area contributed by atoms with Gasteiger partial charge in [0.15, 0.2) is 0 Å². The summed E-state index contributed by atoms with van der Waals surface area (Å²) in [6.07, 6.45) is 0.692. The van der Waals surface area contributed by atoms with Gasteiger partial charge in [-0.1, -0.05) is 30.3 Å². The molecule has 3 rings (SSSR count). The molecule has 0 aliphatic rings. The van der Waals surface area contributed by atoms with Crippen LogP contribution in [0.4, 0.5) is 5.82 Å². The van der Waals surface area contributed by atoms with Gasteiger partial charge in [0.1, 0.15) is 29.5 Å². The van der Waals surface area contributed by atoms with E-state index < -0.39 is 11.9 Å². The zero-order valence-corrected chi connectivity index (χ0v) is 18.6. The number of methoxy groups -OCH3 is 1. The lowest BCUT2D eigenvalue weighted by Crippen LogP contribution is -2.19. The van der Waals surface area contributed by atoms with Crippen molar-refractivity contribution < 1.29 is 28.9 Å². The highest BCUT2D eigenvalue weighted by atomic mass is 16.5. The number of aromatic nitrogens is 1. The molecular formula is C25H26N2O6. The van der Waals surface area contributed by atoms with Crippen molar-refractivity contribution in [2.75, 3.05) is 19.0 Å². The Hall–Kier alpha value is -3.91. The number of anilines is 1. The van der Waals surface area contributed by atoms with E-state index in [1.165, 1.54) is 18.3 Å². The first-order valence-electron chi connectivity index (χ1n) is 10.4. The second-order valence-electron chi connectivity index (χ2n) is 7.44. The summed E-state index contributed by atoms with van der Waals surface area (Å²) in [6, 6.07) is 17.5. The Labute approximate surface area is 192 Å². The maximum atomic E-state index is 12.9. The number of amides is 1. The van der Waals surface area contributed by atoms with Gasteiger partial charge in [-0.25, -0.2) is 9.78 Å². The van der Waals surface area contributed by atoms with E-state index in [1.54, 1.807) is 25.3 Å². The largest absolute Gasteiger partial charge is 0.488 e. The molecule has 0 spiro atoms. The van der Waals surface area contributed by atoms with Gasteiger partial charge in [-0.2, -0.15) is 0 Å². The van der Waals surface area contributed by atoms with Crippen LogP contribution in [0.25, 0.3) is 0 Å². The van der Waals surface area contributed by atoms with Crippen LogP contribution in [0.3, 0.4) is 0 Å². The van der Waals surface area contributed by atoms with Crippen LogP contribution in [0.2, 0.25) is 0 Å². The Balaban J connectivity index is 1.84. The highest BCUT2D eigenvalue weighted by Gasteiger charge is 2.15. The monoisotopic (exact) mass is 450 g/mol. The van der Waals surface area contributed by atoms with Gasteiger partial charge in [-0.05, 0) is 43.7 Å². The number of hydrogen-bond donors (Lipinski definition) is 2. The number of aromatic carboxylic acids is 1. The Morgan fingerprint density at radius 3 is 2.27 bits per heavy atom. The standard InChI is InChI=1S/C25H26N2O6/c1-16(15-31-3)32-21-11-20(24(28)27-23-10-9-19(14-26-23)25(29)30)12-22(13-21)33-17(2)18-7-5-4-6-8-18/h4-14,16-17H,15H2,1-3H3,(H,29,30)(H,26,27,28)/t16?,17-/m0/s1. The molecule has 1 amide bonds. The van der Waals surface area contributed by atoms with E-state index in [0.717, 1.165) is 5.56 Å². The predicted molar refractivity (Wildman–Crippen MR) is 123 cm³/mol. The number of rotatable bonds is 10. The third kappa shape index (κ3) is 6.78. The molecule has 1 heterocycles. The molecule has 2 atom stereocenters. The molecule has 33 heavy (non-hydrogen) atoms. The second kappa shape index (κ2) is 11.1. The number of carboxylic acids is 1. The van der Waals surface area contributed by atoms with E-state index >= 15 is 0 Å². The van der Waals surface area contributed by atoms with Crippen molar-refractivity contribution in [1.29, 1.82) is 0 Å². The van der Waals surface area contributed by atoms with Gasteiger partial charge >= 0.3 is 5.97 Å². The Morgan fingerprint density at radius 2 is 1.67 bits per heavy atom. The SMILES string of the molecule is COCC(C)Oc1cc(O[C@@H](C)c2ccccc2)cc(C(=O)Nc2ccc(C(=O)O)cn2)c1. The van der Waals surface area contributed by atoms with Crippen molar-refractivity contribution in [3.05, 3.63) is 83.6 Å². The van der Waals surface area contributed by atoms with Crippen LogP contribution in [0, 0.1) is 0 Å². The number of ether oxygens (including phenoxy) is 3. The van der Waals surface area contributed by atoms with Crippen molar-refractivity contribution in [1.82, 2.24) is 4.98 Å². The highest BCUT2D eigenvalue weighted by molar-refractivity contribution is 6.04. The fourth-order valence-corrected chi connectivity index (χ4v) is 3.12. The minimum atomic E-state index is -1.09. The van der Waals surface area contributed by atoms with E-state index in [2.05, 4.69) is 10.3 Å². The zero-order chi connectivity index (χ0) is 23.8. The number of carboxylic acid groups (broad SMARTS) is 1. The van der Waals surface area contributed by atoms with Crippen molar-refractivity contribution in [2.45, 2.75) is 26.1 Å². The minimum Gasteiger partial charge on any atom is -0.488 e. The van der Waals surface area contributed by atoms with Gasteiger partial charge in [-0.3, -0.25) is 4.79 Å². The average molecular weight is 450 g/mol. The lowest BCUT2D eigenvalue weighted by molar-refractivity contribution is 0.0696. The van der Waals surface area contributed by atoms with Gasteiger partial charge < -0.3 is 24.6 Å². The zero-order valence-electron chi connectivity index (χ0n) is 18.6. The molecule has 0 bridgehead atoms. The number of carbonyl (C=O) groups excluding carboxylic acids is 1. The van der Waals surface area contributed by atoms with Crippen LogP contribution < -0.4 is 14.8 Å². The molecule has 1 aromatic heterocycles. The quantitative estimate of drug-likeness (QED) is 0.465. The molecule has 0 saturated carbocycles. The summed E-state index contributed by atoms with van der Waals surface area (Å²) in [4.78, 5) is 27.9. The lowest BCUT2D eigenvalue weighted by atomic mass is 10.1. The first kappa shape index (κ1) is 23.7. The highest BCUT2D eigenvalue weighted by Crippen LogP contribution is 2.28. The van der Waals surface area contributed by atoms with Gasteiger partial charge in [0.05, 0.1) is 12.2 Å². The van der Waals surface area contributed by atoms with Gasteiger partial charge in [0, 0.05) is 24.9 Å². The molecule has 0 aliphatic carbocycles. The van der Waals surface area contributed by atoms with Gasteiger partial charge in [0.25, 0.3) is 5.91 Å². The third-order valence-electron chi connectivity index (χ3n) is 4.71. The Morgan fingerprint density at radius 1 is 0.970 bits per heavy atom. The van der Waals surface area contributed by atoms with Crippen molar-refractivity contribution in [3.63, 3.8) is 0 Å². The topological polar surface area (TPSA) is 107 Å². The number of benzene rings is 2. The number of pyridine rings is 1. The Bertz CT molecular complexity index is 1090. The van der Waals surface area contributed by atoms with E-state index in [9.17, 15) is 9.59 Å². The summed E-state index contributed by atoms with van der Waals surface area (Å²) in [6.45, 7) is 4.16. The fourth-order valence-electron chi connectivity index (χ4n) is 3.12. The van der Waals surface area contributed by atoms with Crippen LogP contribution >= 0.6 is 0 Å². The van der Waals surface area contributed by atoms with Gasteiger partial charge in [0.2, 0.25) is 0 Å². The average Bonchev–Trinajstić information content (AvgIpc) is 2.80. The molecule has 0 radical (unpaired) electrons. The van der Waals surface area contributed by atoms with Crippen LogP contribution in [0.5, 0.6) is 11.5 Å². The smallest absolute Gasteiger partial charge is 0.337 e. The van der Waals surface area contributed by atoms with E-state index in [0.29, 0.717) is 23.7 Å². The maximum absolute atomic E-state index is 12.9. The van der Waals surface area contributed by atoms with E-state index in [4.69, 9.17) is 19.3 Å². The molecule has 0 aliphatic heterocycles. The summed E-state index contributed by atoms with van der Waals surface area (Å²) in [5.74, 6) is -0.383. The summed E-state index contributed by atoms with van der Waals surface area (Å²) in [7, 11) is 1.59. The third-order valence-corrected chi connectivity index (χ3v) is 4.71. The van der Waals surface area contributed by atoms with E-state index in [1.807, 2.05) is 44.2 Å². The van der Waals surface area contributed by atoms with Crippen LogP contribution in [0.15, 0.2) is 66.9 Å². The normalized spacial score (nSPS) is 12.5. The predicted octanol–water partition coefficient (Wildman–Crippen LogP) is 4.59. The number of nitrogens with one attached hydrogen (secondary N) is 1. The van der Waals surface area contributed by atoms with E-state index in [-0.39, 0.29) is 23.6 Å². The molecular weight excluding hydrogens is 424 g/mol. The molecule has 8 nitrogen and oxygen atoms in total. The molecule has 2 aromatic carbocycles. The number of nitrogens with zero attached hydrogens (tertiary/aromatic N) is 1. The number of hydrogen-bond acceptors (Lipinski definition) is 6. The fraction of sp³-hybridized carbons (Fsp3) is 0.240. The van der Waals surface area contributed by atoms with Crippen molar-refractivity contribution in [2.24, 2.45) is 0 Å². The number of carbonyl (C=O) groups is 2. The van der Waals surface area contributed by atoms with Crippen LogP contribution in [0.1, 0.15) is 46.2 Å². The summed E-state index contributed by atoms with van der Waals surface area (Å²) < 4.78 is 17.1. The molecule has 2 N–H and O–H groups in total. The summed E-state index contributed by atoms with van der Waals surface area (Å²) in [5.41, 5.74) is 1.32. The van der Waals surface area contributed by atoms with Crippen LogP contribution in [-0.2, 0) is 4.74 Å². The minimum absolute atomic E-state index is 0.0288. The van der Waals surface area contributed by atoms with Crippen molar-refractivity contribution in [3.8, 4) is 11.5 Å². The first-order chi connectivity index (χ1) is 15.9. The lowest BCUT2D eigenvalue weighted by Gasteiger charge is -2.19. The molecule has 0 fully saturated rings.